The second-order valence-corrected chi connectivity index (χ2v) is 9.40. The fourth-order valence-electron chi connectivity index (χ4n) is 4.19. The maximum Gasteiger partial charge on any atom is 0.417 e. The zero-order chi connectivity index (χ0) is 22.4. The average molecular weight is 429 g/mol. The standard InChI is InChI=1S/C20H31NO9/c1-19(2,3)30-18(25)21-11(17(24)26-6)7-10(16(21)23)8-12-14(22)15-13(9-27-12)28-20(4,5)29-15/h10-15,22H,7-9H2,1-6H3/t10?,11-,12?,13+,14-,15+/m0/s1. The van der Waals surface area contributed by atoms with Crippen LogP contribution in [0.4, 0.5) is 4.79 Å². The van der Waals surface area contributed by atoms with E-state index >= 15 is 0 Å². The van der Waals surface area contributed by atoms with Crippen LogP contribution in [0.15, 0.2) is 0 Å². The lowest BCUT2D eigenvalue weighted by atomic mass is 9.90. The van der Waals surface area contributed by atoms with Gasteiger partial charge in [0.05, 0.1) is 19.8 Å². The number of hydrogen-bond acceptors (Lipinski definition) is 9. The van der Waals surface area contributed by atoms with Gasteiger partial charge in [-0.2, -0.15) is 0 Å². The lowest BCUT2D eigenvalue weighted by Gasteiger charge is -2.35. The van der Waals surface area contributed by atoms with Crippen molar-refractivity contribution in [1.29, 1.82) is 0 Å². The summed E-state index contributed by atoms with van der Waals surface area (Å²) in [5.74, 6) is -2.80. The molecule has 0 bridgehead atoms. The van der Waals surface area contributed by atoms with Gasteiger partial charge in [0.2, 0.25) is 5.91 Å². The van der Waals surface area contributed by atoms with Crippen molar-refractivity contribution in [2.24, 2.45) is 5.92 Å². The van der Waals surface area contributed by atoms with E-state index < -0.39 is 65.7 Å². The summed E-state index contributed by atoms with van der Waals surface area (Å²) < 4.78 is 27.3. The van der Waals surface area contributed by atoms with Crippen LogP contribution in [0.2, 0.25) is 0 Å². The Hall–Kier alpha value is -1.75. The number of rotatable bonds is 3. The topological polar surface area (TPSA) is 121 Å². The number of aliphatic hydroxyl groups is 1. The molecule has 2 unspecified atom stereocenters. The summed E-state index contributed by atoms with van der Waals surface area (Å²) in [5.41, 5.74) is -0.833. The third-order valence-electron chi connectivity index (χ3n) is 5.40. The molecule has 0 spiro atoms. The highest BCUT2D eigenvalue weighted by molar-refractivity contribution is 6.00. The highest BCUT2D eigenvalue weighted by Crippen LogP contribution is 2.38. The van der Waals surface area contributed by atoms with Crippen LogP contribution in [0.1, 0.15) is 47.5 Å². The molecule has 3 rings (SSSR count). The Morgan fingerprint density at radius 1 is 1.27 bits per heavy atom. The van der Waals surface area contributed by atoms with E-state index in [4.69, 9.17) is 23.7 Å². The van der Waals surface area contributed by atoms with Crippen molar-refractivity contribution in [1.82, 2.24) is 4.90 Å². The molecule has 30 heavy (non-hydrogen) atoms. The van der Waals surface area contributed by atoms with Crippen LogP contribution in [0.3, 0.4) is 0 Å². The van der Waals surface area contributed by atoms with Crippen LogP contribution in [-0.2, 0) is 33.3 Å². The summed E-state index contributed by atoms with van der Waals surface area (Å²) in [4.78, 5) is 38.6. The van der Waals surface area contributed by atoms with E-state index in [0.717, 1.165) is 4.90 Å². The van der Waals surface area contributed by atoms with E-state index in [9.17, 15) is 19.5 Å². The Morgan fingerprint density at radius 3 is 2.53 bits per heavy atom. The van der Waals surface area contributed by atoms with Gasteiger partial charge in [-0.15, -0.1) is 0 Å². The molecule has 0 aromatic carbocycles. The first-order valence-corrected chi connectivity index (χ1v) is 10.1. The number of hydrogen-bond donors (Lipinski definition) is 1. The number of fused-ring (bicyclic) bond motifs is 1. The number of carbonyl (C=O) groups is 3. The molecule has 0 radical (unpaired) electrons. The molecule has 3 heterocycles. The third kappa shape index (κ3) is 4.61. The molecule has 1 N–H and O–H groups in total. The number of methoxy groups -OCH3 is 1. The Morgan fingerprint density at radius 2 is 1.93 bits per heavy atom. The van der Waals surface area contributed by atoms with Gasteiger partial charge in [0.25, 0.3) is 0 Å². The van der Waals surface area contributed by atoms with Gasteiger partial charge in [0, 0.05) is 5.92 Å². The van der Waals surface area contributed by atoms with Gasteiger partial charge in [0.15, 0.2) is 5.79 Å². The summed E-state index contributed by atoms with van der Waals surface area (Å²) >= 11 is 0. The Bertz CT molecular complexity index is 701. The monoisotopic (exact) mass is 429 g/mol. The minimum Gasteiger partial charge on any atom is -0.467 e. The molecule has 6 atom stereocenters. The van der Waals surface area contributed by atoms with E-state index in [0.29, 0.717) is 0 Å². The summed E-state index contributed by atoms with van der Waals surface area (Å²) in [6, 6.07) is -1.08. The van der Waals surface area contributed by atoms with Gasteiger partial charge in [-0.05, 0) is 47.5 Å². The smallest absolute Gasteiger partial charge is 0.417 e. The molecule has 3 aliphatic heterocycles. The number of nitrogens with zero attached hydrogens (tertiary/aromatic N) is 1. The van der Waals surface area contributed by atoms with Gasteiger partial charge < -0.3 is 28.8 Å². The number of amides is 2. The van der Waals surface area contributed by atoms with Crippen molar-refractivity contribution in [2.75, 3.05) is 13.7 Å². The predicted octanol–water partition coefficient (Wildman–Crippen LogP) is 0.981. The zero-order valence-corrected chi connectivity index (χ0v) is 18.2. The fourth-order valence-corrected chi connectivity index (χ4v) is 4.19. The minimum atomic E-state index is -1.08. The SMILES string of the molecule is COC(=O)[C@@H]1CC(CC2OC[C@H]3OC(C)(C)O[C@H]3[C@H]2O)C(=O)N1C(=O)OC(C)(C)C. The van der Waals surface area contributed by atoms with E-state index in [2.05, 4.69) is 0 Å². The number of carbonyl (C=O) groups excluding carboxylic acids is 3. The molecule has 3 aliphatic rings. The lowest BCUT2D eigenvalue weighted by molar-refractivity contribution is -0.164. The van der Waals surface area contributed by atoms with Crippen LogP contribution >= 0.6 is 0 Å². The van der Waals surface area contributed by atoms with E-state index in [1.807, 2.05) is 0 Å². The van der Waals surface area contributed by atoms with Gasteiger partial charge in [-0.1, -0.05) is 0 Å². The first kappa shape index (κ1) is 22.9. The second kappa shape index (κ2) is 8.07. The number of esters is 1. The van der Waals surface area contributed by atoms with Crippen molar-refractivity contribution in [2.45, 2.75) is 89.3 Å². The minimum absolute atomic E-state index is 0.0638. The largest absolute Gasteiger partial charge is 0.467 e. The molecule has 10 heteroatoms. The van der Waals surface area contributed by atoms with Gasteiger partial charge in [-0.25, -0.2) is 14.5 Å². The van der Waals surface area contributed by atoms with Gasteiger partial charge in [0.1, 0.15) is 30.0 Å². The lowest BCUT2D eigenvalue weighted by Crippen LogP contribution is -2.52. The molecule has 10 nitrogen and oxygen atoms in total. The van der Waals surface area contributed by atoms with Crippen molar-refractivity contribution in [3.05, 3.63) is 0 Å². The third-order valence-corrected chi connectivity index (χ3v) is 5.40. The predicted molar refractivity (Wildman–Crippen MR) is 101 cm³/mol. The molecule has 0 saturated carbocycles. The van der Waals surface area contributed by atoms with Crippen LogP contribution in [0.5, 0.6) is 0 Å². The van der Waals surface area contributed by atoms with Crippen LogP contribution in [0, 0.1) is 5.92 Å². The quantitative estimate of drug-likeness (QED) is 0.654. The average Bonchev–Trinajstić information content (AvgIpc) is 3.11. The van der Waals surface area contributed by atoms with E-state index in [1.165, 1.54) is 7.11 Å². The number of imide groups is 1. The van der Waals surface area contributed by atoms with Crippen LogP contribution in [-0.4, -0.2) is 83.5 Å². The highest BCUT2D eigenvalue weighted by atomic mass is 16.8. The number of ether oxygens (including phenoxy) is 5. The van der Waals surface area contributed by atoms with Crippen LogP contribution < -0.4 is 0 Å². The highest BCUT2D eigenvalue weighted by Gasteiger charge is 2.54. The van der Waals surface area contributed by atoms with Gasteiger partial charge in [-0.3, -0.25) is 4.79 Å². The molecule has 2 amide bonds. The van der Waals surface area contributed by atoms with Crippen molar-refractivity contribution in [3.8, 4) is 0 Å². The molecular formula is C20H31NO9. The summed E-state index contributed by atoms with van der Waals surface area (Å²) in [6.07, 6.45) is -3.39. The Labute approximate surface area is 175 Å². The molecule has 0 aliphatic carbocycles. The maximum atomic E-state index is 13.0. The first-order valence-electron chi connectivity index (χ1n) is 10.1. The zero-order valence-electron chi connectivity index (χ0n) is 18.2. The number of aliphatic hydroxyl groups excluding tert-OH is 1. The van der Waals surface area contributed by atoms with Crippen molar-refractivity contribution >= 4 is 18.0 Å². The Balaban J connectivity index is 1.72. The molecule has 0 aromatic heterocycles. The summed E-state index contributed by atoms with van der Waals surface area (Å²) in [5, 5.41) is 10.7. The summed E-state index contributed by atoms with van der Waals surface area (Å²) in [7, 11) is 1.20. The molecule has 170 valence electrons. The molecule has 3 saturated heterocycles. The van der Waals surface area contributed by atoms with Crippen molar-refractivity contribution in [3.63, 3.8) is 0 Å². The number of likely N-dealkylation sites (tertiary alicyclic amines) is 1. The fraction of sp³-hybridized carbons (Fsp3) is 0.850. The summed E-state index contributed by atoms with van der Waals surface area (Å²) in [6.45, 7) is 8.74. The second-order valence-electron chi connectivity index (χ2n) is 9.40. The molecule has 0 aromatic rings. The Kier molecular flexibility index (Phi) is 6.16. The maximum absolute atomic E-state index is 13.0. The van der Waals surface area contributed by atoms with Crippen molar-refractivity contribution < 1.29 is 43.2 Å². The first-order chi connectivity index (χ1) is 13.8. The normalized spacial score (nSPS) is 35.8. The van der Waals surface area contributed by atoms with E-state index in [1.54, 1.807) is 34.6 Å². The van der Waals surface area contributed by atoms with Crippen LogP contribution in [0.25, 0.3) is 0 Å². The molecule has 3 fully saturated rings. The van der Waals surface area contributed by atoms with E-state index in [-0.39, 0.29) is 19.4 Å². The van der Waals surface area contributed by atoms with Gasteiger partial charge >= 0.3 is 12.1 Å². The molecular weight excluding hydrogens is 398 g/mol.